The summed E-state index contributed by atoms with van der Waals surface area (Å²) < 4.78 is 6.06. The highest BCUT2D eigenvalue weighted by Gasteiger charge is 2.57. The van der Waals surface area contributed by atoms with Gasteiger partial charge in [0.05, 0.1) is 26.4 Å². The second-order valence-corrected chi connectivity index (χ2v) is 16.2. The smallest absolute Gasteiger partial charge is 0.251 e. The van der Waals surface area contributed by atoms with Gasteiger partial charge in [-0.3, -0.25) is 14.4 Å². The molecular weight excluding hydrogens is 668 g/mol. The van der Waals surface area contributed by atoms with Gasteiger partial charge in [0, 0.05) is 55.0 Å². The van der Waals surface area contributed by atoms with Crippen LogP contribution in [0, 0.1) is 29.1 Å². The molecule has 0 unspecified atom stereocenters. The van der Waals surface area contributed by atoms with E-state index in [1.165, 1.54) is 12.0 Å². The molecular formula is C43H58N4O6. The lowest BCUT2D eigenvalue weighted by molar-refractivity contribution is -0.183. The summed E-state index contributed by atoms with van der Waals surface area (Å²) in [6.45, 7) is 8.96. The molecule has 0 radical (unpaired) electrons. The summed E-state index contributed by atoms with van der Waals surface area (Å²) in [7, 11) is 5.50. The molecule has 1 heterocycles. The largest absolute Gasteiger partial charge is 0.496 e. The SMILES string of the molecule is COc1c(CN2O[C@@H](CO)[C@@H]([C@H](C)O)[C@H]2C(=O)N[C@H]2C[C@H]3C[C@@H]([C@@H]2C)C3(C)C)cccc1-c1cc(C(=O)NCCCc2ccccc2)cc(N(C)C)c1. The molecule has 8 atom stereocenters. The first-order valence-electron chi connectivity index (χ1n) is 19.2. The quantitative estimate of drug-likeness (QED) is 0.162. The van der Waals surface area contributed by atoms with Gasteiger partial charge < -0.3 is 30.5 Å². The van der Waals surface area contributed by atoms with Crippen LogP contribution in [0.3, 0.4) is 0 Å². The van der Waals surface area contributed by atoms with Crippen molar-refractivity contribution >= 4 is 17.5 Å². The van der Waals surface area contributed by atoms with E-state index in [4.69, 9.17) is 9.57 Å². The van der Waals surface area contributed by atoms with E-state index in [1.54, 1.807) is 19.1 Å². The zero-order chi connectivity index (χ0) is 38.0. The maximum Gasteiger partial charge on any atom is 0.251 e. The van der Waals surface area contributed by atoms with E-state index in [2.05, 4.69) is 43.5 Å². The number of nitrogens with zero attached hydrogens (tertiary/aromatic N) is 2. The van der Waals surface area contributed by atoms with E-state index in [0.717, 1.165) is 41.6 Å². The van der Waals surface area contributed by atoms with Crippen LogP contribution in [0.15, 0.2) is 66.7 Å². The standard InChI is InChI=1S/C43H58N4O6/c1-26-35-22-32(43(35,3)4)23-36(26)45-42(51)39-38(27(2)49)37(25-48)53-47(39)24-29-16-11-17-34(40(29)52-7)30-19-31(21-33(20-30)46(5)6)41(50)44-18-12-15-28-13-9-8-10-14-28/h8-11,13-14,16-17,19-21,26-27,32,35-39,48-49H,12,15,18,22-25H2,1-7H3,(H,44,50)(H,45,51)/t26-,27-,32+,35-,36-,37-,38+,39-/m0/s1. The number of carbonyl (C=O) groups excluding carboxylic acids is 2. The molecule has 3 aromatic rings. The van der Waals surface area contributed by atoms with Crippen LogP contribution >= 0.6 is 0 Å². The van der Waals surface area contributed by atoms with Gasteiger partial charge in [-0.25, -0.2) is 0 Å². The number of hydroxylamine groups is 2. The minimum absolute atomic E-state index is 0.0426. The Kier molecular flexibility index (Phi) is 11.8. The lowest BCUT2D eigenvalue weighted by atomic mass is 9.45. The molecule has 286 valence electrons. The van der Waals surface area contributed by atoms with Crippen LogP contribution in [0.5, 0.6) is 5.75 Å². The Bertz CT molecular complexity index is 1750. The molecule has 4 fully saturated rings. The van der Waals surface area contributed by atoms with Gasteiger partial charge in [-0.15, -0.1) is 0 Å². The van der Waals surface area contributed by atoms with Gasteiger partial charge in [0.1, 0.15) is 17.9 Å². The summed E-state index contributed by atoms with van der Waals surface area (Å²) in [5.41, 5.74) is 5.30. The van der Waals surface area contributed by atoms with Crippen molar-refractivity contribution in [2.24, 2.45) is 29.1 Å². The Balaban J connectivity index is 1.24. The molecule has 0 aromatic heterocycles. The summed E-state index contributed by atoms with van der Waals surface area (Å²) in [5.74, 6) is 1.08. The summed E-state index contributed by atoms with van der Waals surface area (Å²) >= 11 is 0. The fourth-order valence-corrected chi connectivity index (χ4v) is 9.23. The monoisotopic (exact) mass is 726 g/mol. The second-order valence-electron chi connectivity index (χ2n) is 16.2. The Morgan fingerprint density at radius 3 is 2.47 bits per heavy atom. The highest BCUT2D eigenvalue weighted by atomic mass is 16.7. The molecule has 10 heteroatoms. The molecule has 4 aliphatic rings. The normalized spacial score (nSPS) is 26.7. The molecule has 4 N–H and O–H groups in total. The van der Waals surface area contributed by atoms with E-state index in [-0.39, 0.29) is 36.4 Å². The Hall–Kier alpha value is -3.96. The number of anilines is 1. The summed E-state index contributed by atoms with van der Waals surface area (Å²) in [4.78, 5) is 35.9. The number of hydrogen-bond donors (Lipinski definition) is 4. The van der Waals surface area contributed by atoms with Crippen molar-refractivity contribution in [3.63, 3.8) is 0 Å². The first-order chi connectivity index (χ1) is 25.3. The molecule has 7 rings (SSSR count). The first kappa shape index (κ1) is 38.8. The van der Waals surface area contributed by atoms with Gasteiger partial charge in [0.25, 0.3) is 5.91 Å². The zero-order valence-corrected chi connectivity index (χ0v) is 32.3. The van der Waals surface area contributed by atoms with Gasteiger partial charge in [0.15, 0.2) is 0 Å². The Labute approximate surface area is 314 Å². The third-order valence-corrected chi connectivity index (χ3v) is 12.5. The van der Waals surface area contributed by atoms with Crippen molar-refractivity contribution in [2.75, 3.05) is 39.3 Å². The number of aliphatic hydroxyl groups excluding tert-OH is 2. The number of amides is 2. The van der Waals surface area contributed by atoms with E-state index in [9.17, 15) is 19.8 Å². The molecule has 3 aliphatic carbocycles. The van der Waals surface area contributed by atoms with E-state index >= 15 is 0 Å². The molecule has 1 aliphatic heterocycles. The Morgan fingerprint density at radius 1 is 1.08 bits per heavy atom. The third-order valence-electron chi connectivity index (χ3n) is 12.5. The molecule has 10 nitrogen and oxygen atoms in total. The molecule has 0 spiro atoms. The number of methoxy groups -OCH3 is 1. The number of hydrogen-bond acceptors (Lipinski definition) is 8. The number of para-hydroxylation sites is 1. The van der Waals surface area contributed by atoms with Crippen molar-refractivity contribution in [2.45, 2.75) is 84.2 Å². The van der Waals surface area contributed by atoms with Crippen molar-refractivity contribution in [1.29, 1.82) is 0 Å². The number of aliphatic hydroxyl groups is 2. The number of nitrogens with one attached hydrogen (secondary N) is 2. The summed E-state index contributed by atoms with van der Waals surface area (Å²) in [6.07, 6.45) is 2.21. The van der Waals surface area contributed by atoms with Gasteiger partial charge in [0.2, 0.25) is 5.91 Å². The van der Waals surface area contributed by atoms with Crippen LogP contribution in [-0.4, -0.2) is 85.7 Å². The maximum atomic E-state index is 14.2. The summed E-state index contributed by atoms with van der Waals surface area (Å²) in [6, 6.07) is 21.1. The number of carbonyl (C=O) groups is 2. The fraction of sp³-hybridized carbons (Fsp3) is 0.535. The van der Waals surface area contributed by atoms with Crippen LogP contribution in [0.2, 0.25) is 0 Å². The summed E-state index contributed by atoms with van der Waals surface area (Å²) in [5, 5.41) is 29.3. The maximum absolute atomic E-state index is 14.2. The molecule has 2 bridgehead atoms. The second kappa shape index (κ2) is 16.2. The average molecular weight is 727 g/mol. The van der Waals surface area contributed by atoms with Gasteiger partial charge in [-0.1, -0.05) is 69.3 Å². The van der Waals surface area contributed by atoms with Crippen LogP contribution in [0.4, 0.5) is 5.69 Å². The minimum atomic E-state index is -0.895. The fourth-order valence-electron chi connectivity index (χ4n) is 9.23. The molecule has 3 saturated carbocycles. The van der Waals surface area contributed by atoms with Gasteiger partial charge in [-0.2, -0.15) is 5.06 Å². The predicted octanol–water partition coefficient (Wildman–Crippen LogP) is 5.45. The predicted molar refractivity (Wildman–Crippen MR) is 207 cm³/mol. The van der Waals surface area contributed by atoms with Crippen LogP contribution in [0.1, 0.15) is 68.4 Å². The minimum Gasteiger partial charge on any atom is -0.496 e. The molecule has 53 heavy (non-hydrogen) atoms. The van der Waals surface area contributed by atoms with Crippen molar-refractivity contribution in [1.82, 2.24) is 15.7 Å². The van der Waals surface area contributed by atoms with E-state index in [1.807, 2.05) is 73.6 Å². The highest BCUT2D eigenvalue weighted by molar-refractivity contribution is 5.97. The third kappa shape index (κ3) is 7.97. The van der Waals surface area contributed by atoms with Gasteiger partial charge >= 0.3 is 0 Å². The number of aryl methyl sites for hydroxylation is 1. The molecule has 3 aromatic carbocycles. The van der Waals surface area contributed by atoms with Crippen LogP contribution in [0.25, 0.3) is 11.1 Å². The average Bonchev–Trinajstić information content (AvgIpc) is 3.52. The topological polar surface area (TPSA) is 124 Å². The first-order valence-corrected chi connectivity index (χ1v) is 19.2. The van der Waals surface area contributed by atoms with Crippen molar-refractivity contribution < 1.29 is 29.4 Å². The number of ether oxygens (including phenoxy) is 1. The van der Waals surface area contributed by atoms with Crippen molar-refractivity contribution in [3.05, 3.63) is 83.4 Å². The van der Waals surface area contributed by atoms with Crippen molar-refractivity contribution in [3.8, 4) is 16.9 Å². The lowest BCUT2D eigenvalue weighted by Crippen LogP contribution is -2.62. The van der Waals surface area contributed by atoms with E-state index < -0.39 is 24.2 Å². The van der Waals surface area contributed by atoms with Gasteiger partial charge in [-0.05, 0) is 85.1 Å². The molecule has 1 saturated heterocycles. The van der Waals surface area contributed by atoms with Crippen LogP contribution < -0.4 is 20.3 Å². The van der Waals surface area contributed by atoms with E-state index in [0.29, 0.717) is 35.6 Å². The zero-order valence-electron chi connectivity index (χ0n) is 32.3. The molecule has 2 amide bonds. The highest BCUT2D eigenvalue weighted by Crippen LogP contribution is 2.61. The lowest BCUT2D eigenvalue weighted by Gasteiger charge is -2.62. The number of benzene rings is 3. The Morgan fingerprint density at radius 2 is 1.83 bits per heavy atom. The number of rotatable bonds is 14. The number of fused-ring (bicyclic) bond motifs is 2. The van der Waals surface area contributed by atoms with Crippen LogP contribution in [-0.2, 0) is 22.6 Å².